The number of rotatable bonds is 7. The molecule has 0 saturated heterocycles. The van der Waals surface area contributed by atoms with E-state index in [-0.39, 0.29) is 0 Å². The van der Waals surface area contributed by atoms with Crippen LogP contribution in [0.1, 0.15) is 25.3 Å². The zero-order valence-corrected chi connectivity index (χ0v) is 15.2. The molecule has 2 N–H and O–H groups in total. The molecular formula is C19H25N5O. The molecule has 2 heterocycles. The number of pyridine rings is 1. The van der Waals surface area contributed by atoms with E-state index in [1.165, 1.54) is 5.56 Å². The Hall–Kier alpha value is -2.60. The topological polar surface area (TPSA) is 64.0 Å². The van der Waals surface area contributed by atoms with Crippen LogP contribution in [0.5, 0.6) is 0 Å². The average molecular weight is 339 g/mol. The minimum absolute atomic E-state index is 0.492. The van der Waals surface area contributed by atoms with E-state index in [0.717, 1.165) is 35.0 Å². The van der Waals surface area contributed by atoms with Crippen LogP contribution in [0.25, 0.3) is 11.0 Å². The molecule has 0 radical (unpaired) electrons. The number of hydrogen-bond donors (Lipinski definition) is 2. The Labute approximate surface area is 148 Å². The van der Waals surface area contributed by atoms with Crippen LogP contribution in [0.15, 0.2) is 36.5 Å². The van der Waals surface area contributed by atoms with E-state index in [4.69, 9.17) is 4.74 Å². The summed E-state index contributed by atoms with van der Waals surface area (Å²) in [6.45, 7) is 5.74. The summed E-state index contributed by atoms with van der Waals surface area (Å²) in [7, 11) is 3.57. The third kappa shape index (κ3) is 3.74. The molecule has 0 saturated carbocycles. The Bertz CT molecular complexity index is 856. The van der Waals surface area contributed by atoms with Gasteiger partial charge >= 0.3 is 0 Å². The zero-order valence-electron chi connectivity index (χ0n) is 15.2. The molecule has 6 heteroatoms. The molecule has 0 atom stereocenters. The number of methoxy groups -OCH3 is 1. The number of hydrogen-bond acceptors (Lipinski definition) is 5. The molecule has 0 fully saturated rings. The van der Waals surface area contributed by atoms with Gasteiger partial charge in [0, 0.05) is 32.5 Å². The minimum atomic E-state index is 0.492. The van der Waals surface area contributed by atoms with Crippen LogP contribution < -0.4 is 10.6 Å². The van der Waals surface area contributed by atoms with E-state index in [1.807, 2.05) is 13.1 Å². The normalized spacial score (nSPS) is 11.2. The molecule has 0 aliphatic rings. The summed E-state index contributed by atoms with van der Waals surface area (Å²) in [5.41, 5.74) is 4.23. The van der Waals surface area contributed by atoms with Crippen LogP contribution in [0.4, 0.5) is 17.5 Å². The van der Waals surface area contributed by atoms with Gasteiger partial charge in [-0.15, -0.1) is 0 Å². The van der Waals surface area contributed by atoms with Gasteiger partial charge in [0.25, 0.3) is 0 Å². The molecule has 0 unspecified atom stereocenters. The van der Waals surface area contributed by atoms with Crippen molar-refractivity contribution in [2.75, 3.05) is 31.4 Å². The zero-order chi connectivity index (χ0) is 17.8. The summed E-state index contributed by atoms with van der Waals surface area (Å²) in [6, 6.07) is 10.5. The summed E-state index contributed by atoms with van der Waals surface area (Å²) in [5, 5.41) is 6.53. The Morgan fingerprint density at radius 3 is 2.80 bits per heavy atom. The lowest BCUT2D eigenvalue weighted by Gasteiger charge is -2.11. The average Bonchev–Trinajstić information content (AvgIpc) is 2.97. The van der Waals surface area contributed by atoms with E-state index in [0.29, 0.717) is 12.5 Å². The van der Waals surface area contributed by atoms with E-state index < -0.39 is 0 Å². The highest BCUT2D eigenvalue weighted by atomic mass is 16.5. The van der Waals surface area contributed by atoms with Gasteiger partial charge in [0.2, 0.25) is 5.95 Å². The second-order valence-corrected chi connectivity index (χ2v) is 6.29. The minimum Gasteiger partial charge on any atom is -0.383 e. The largest absolute Gasteiger partial charge is 0.383 e. The number of nitrogens with one attached hydrogen (secondary N) is 2. The van der Waals surface area contributed by atoms with Gasteiger partial charge in [-0.3, -0.25) is 0 Å². The predicted molar refractivity (Wildman–Crippen MR) is 103 cm³/mol. The highest BCUT2D eigenvalue weighted by Crippen LogP contribution is 2.25. The summed E-state index contributed by atoms with van der Waals surface area (Å²) in [4.78, 5) is 9.08. The second-order valence-electron chi connectivity index (χ2n) is 6.29. The summed E-state index contributed by atoms with van der Waals surface area (Å²) in [6.07, 6.45) is 1.80. The Morgan fingerprint density at radius 2 is 2.08 bits per heavy atom. The molecule has 25 heavy (non-hydrogen) atoms. The lowest BCUT2D eigenvalue weighted by atomic mass is 10.0. The molecule has 1 aromatic carbocycles. The van der Waals surface area contributed by atoms with Gasteiger partial charge in [-0.25, -0.2) is 9.97 Å². The monoisotopic (exact) mass is 339 g/mol. The maximum Gasteiger partial charge on any atom is 0.203 e. The molecule has 0 aliphatic carbocycles. The van der Waals surface area contributed by atoms with Gasteiger partial charge in [0.15, 0.2) is 0 Å². The van der Waals surface area contributed by atoms with E-state index in [9.17, 15) is 0 Å². The molecule has 0 aliphatic heterocycles. The number of ether oxygens (including phenoxy) is 1. The Kier molecular flexibility index (Phi) is 5.19. The van der Waals surface area contributed by atoms with Gasteiger partial charge in [-0.1, -0.05) is 26.0 Å². The Balaban J connectivity index is 1.93. The van der Waals surface area contributed by atoms with E-state index in [1.54, 1.807) is 13.3 Å². The van der Waals surface area contributed by atoms with Crippen LogP contribution in [-0.2, 0) is 11.3 Å². The molecule has 3 rings (SSSR count). The standard InChI is InChI=1S/C19H25N5O/c1-13(2)14-6-5-7-15(10-14)22-18-11-17-16(12-21-18)23-19(20-3)24(17)8-9-25-4/h5-7,10-13H,8-9H2,1-4H3,(H,20,23)(H,21,22). The van der Waals surface area contributed by atoms with Gasteiger partial charge in [-0.05, 0) is 23.6 Å². The summed E-state index contributed by atoms with van der Waals surface area (Å²) >= 11 is 0. The maximum absolute atomic E-state index is 5.22. The molecule has 132 valence electrons. The Morgan fingerprint density at radius 1 is 1.24 bits per heavy atom. The summed E-state index contributed by atoms with van der Waals surface area (Å²) in [5.74, 6) is 2.10. The number of fused-ring (bicyclic) bond motifs is 1. The van der Waals surface area contributed by atoms with E-state index in [2.05, 4.69) is 63.3 Å². The lowest BCUT2D eigenvalue weighted by Crippen LogP contribution is -2.08. The number of imidazole rings is 1. The third-order valence-corrected chi connectivity index (χ3v) is 4.20. The van der Waals surface area contributed by atoms with Crippen LogP contribution in [0.2, 0.25) is 0 Å². The van der Waals surface area contributed by atoms with Crippen LogP contribution in [0, 0.1) is 0 Å². The summed E-state index contributed by atoms with van der Waals surface area (Å²) < 4.78 is 7.32. The van der Waals surface area contributed by atoms with Crippen molar-refractivity contribution in [3.8, 4) is 0 Å². The van der Waals surface area contributed by atoms with Crippen molar-refractivity contribution < 1.29 is 4.74 Å². The van der Waals surface area contributed by atoms with Gasteiger partial charge in [-0.2, -0.15) is 0 Å². The highest BCUT2D eigenvalue weighted by molar-refractivity contribution is 5.81. The first-order valence-corrected chi connectivity index (χ1v) is 8.52. The van der Waals surface area contributed by atoms with Crippen molar-refractivity contribution in [1.82, 2.24) is 14.5 Å². The number of nitrogens with zero attached hydrogens (tertiary/aromatic N) is 3. The van der Waals surface area contributed by atoms with Crippen molar-refractivity contribution >= 4 is 28.5 Å². The molecule has 0 amide bonds. The van der Waals surface area contributed by atoms with Crippen LogP contribution >= 0.6 is 0 Å². The second kappa shape index (κ2) is 7.53. The van der Waals surface area contributed by atoms with Crippen LogP contribution in [-0.4, -0.2) is 35.3 Å². The fraction of sp³-hybridized carbons (Fsp3) is 0.368. The molecule has 6 nitrogen and oxygen atoms in total. The van der Waals surface area contributed by atoms with Gasteiger partial charge in [0.1, 0.15) is 11.3 Å². The predicted octanol–water partition coefficient (Wildman–Crippen LogP) is 3.99. The first-order chi connectivity index (χ1) is 12.1. The lowest BCUT2D eigenvalue weighted by molar-refractivity contribution is 0.189. The third-order valence-electron chi connectivity index (χ3n) is 4.20. The van der Waals surface area contributed by atoms with Gasteiger partial charge in [0.05, 0.1) is 18.3 Å². The number of benzene rings is 1. The fourth-order valence-corrected chi connectivity index (χ4v) is 2.82. The highest BCUT2D eigenvalue weighted by Gasteiger charge is 2.11. The van der Waals surface area contributed by atoms with Crippen molar-refractivity contribution in [3.63, 3.8) is 0 Å². The van der Waals surface area contributed by atoms with Crippen molar-refractivity contribution in [1.29, 1.82) is 0 Å². The molecule has 0 bridgehead atoms. The first kappa shape index (κ1) is 17.2. The fourth-order valence-electron chi connectivity index (χ4n) is 2.82. The van der Waals surface area contributed by atoms with Crippen LogP contribution in [0.3, 0.4) is 0 Å². The quantitative estimate of drug-likeness (QED) is 0.681. The van der Waals surface area contributed by atoms with Crippen molar-refractivity contribution in [2.24, 2.45) is 0 Å². The molecular weight excluding hydrogens is 314 g/mol. The maximum atomic E-state index is 5.22. The van der Waals surface area contributed by atoms with Crippen molar-refractivity contribution in [3.05, 3.63) is 42.1 Å². The first-order valence-electron chi connectivity index (χ1n) is 8.52. The molecule has 0 spiro atoms. The molecule has 2 aromatic heterocycles. The number of anilines is 3. The van der Waals surface area contributed by atoms with Gasteiger partial charge < -0.3 is 19.9 Å². The molecule has 3 aromatic rings. The SMILES string of the molecule is CNc1nc2cnc(Nc3cccc(C(C)C)c3)cc2n1CCOC. The number of aromatic nitrogens is 3. The smallest absolute Gasteiger partial charge is 0.203 e. The van der Waals surface area contributed by atoms with Crippen molar-refractivity contribution in [2.45, 2.75) is 26.3 Å². The van der Waals surface area contributed by atoms with E-state index >= 15 is 0 Å².